The molecule has 162 valence electrons. The maximum atomic E-state index is 13.1. The molecule has 0 saturated carbocycles. The summed E-state index contributed by atoms with van der Waals surface area (Å²) in [4.78, 5) is 12.4. The number of aryl methyl sites for hydroxylation is 2. The molecule has 1 aliphatic carbocycles. The fourth-order valence-corrected chi connectivity index (χ4v) is 5.23. The van der Waals surface area contributed by atoms with Gasteiger partial charge in [-0.15, -0.1) is 0 Å². The van der Waals surface area contributed by atoms with Crippen molar-refractivity contribution in [3.05, 3.63) is 58.7 Å². The Morgan fingerprint density at radius 1 is 1.07 bits per heavy atom. The lowest BCUT2D eigenvalue weighted by Gasteiger charge is -2.22. The number of fused-ring (bicyclic) bond motifs is 1. The van der Waals surface area contributed by atoms with Gasteiger partial charge in [0.05, 0.1) is 17.6 Å². The number of carbonyl (C=O) groups is 1. The van der Waals surface area contributed by atoms with Crippen LogP contribution in [0.1, 0.15) is 66.2 Å². The molecule has 0 fully saturated rings. The van der Waals surface area contributed by atoms with Crippen LogP contribution in [-0.4, -0.2) is 28.0 Å². The second kappa shape index (κ2) is 9.62. The number of benzene rings is 2. The maximum Gasteiger partial charge on any atom is 0.255 e. The summed E-state index contributed by atoms with van der Waals surface area (Å²) >= 11 is 0. The Balaban J connectivity index is 1.89. The molecule has 2 N–H and O–H groups in total. The quantitative estimate of drug-likeness (QED) is 0.668. The second-order valence-corrected chi connectivity index (χ2v) is 9.25. The monoisotopic (exact) mass is 430 g/mol. The molecule has 1 unspecified atom stereocenters. The minimum absolute atomic E-state index is 0.0426. The fourth-order valence-electron chi connectivity index (χ4n) is 3.90. The first kappa shape index (κ1) is 22.3. The van der Waals surface area contributed by atoms with Crippen molar-refractivity contribution in [2.45, 2.75) is 56.9 Å². The Kier molecular flexibility index (Phi) is 7.15. The lowest BCUT2D eigenvalue weighted by Crippen LogP contribution is -2.29. The number of hydrogen-bond donors (Lipinski definition) is 2. The molecule has 2 aromatic rings. The van der Waals surface area contributed by atoms with Crippen molar-refractivity contribution in [2.24, 2.45) is 0 Å². The standard InChI is InChI=1S/C23H30N2O4S/c1-4-21(18-11-10-16-8-6-7-9-17(16)14-18)25-30(27,28)19-12-13-22(29-3)20(15-19)23(26)24-5-2/h10-15,21,25H,4-9H2,1-3H3,(H,24,26). The first-order valence-electron chi connectivity index (χ1n) is 10.5. The van der Waals surface area contributed by atoms with E-state index < -0.39 is 10.0 Å². The van der Waals surface area contributed by atoms with Gasteiger partial charge in [-0.05, 0) is 73.9 Å². The van der Waals surface area contributed by atoms with Gasteiger partial charge in [0, 0.05) is 12.6 Å². The molecule has 0 saturated heterocycles. The van der Waals surface area contributed by atoms with Crippen molar-refractivity contribution < 1.29 is 17.9 Å². The Hall–Kier alpha value is -2.38. The maximum absolute atomic E-state index is 13.1. The van der Waals surface area contributed by atoms with Crippen molar-refractivity contribution in [2.75, 3.05) is 13.7 Å². The van der Waals surface area contributed by atoms with E-state index in [4.69, 9.17) is 4.74 Å². The number of amides is 1. The molecule has 1 amide bonds. The highest BCUT2D eigenvalue weighted by Crippen LogP contribution is 2.28. The Bertz CT molecular complexity index is 1020. The summed E-state index contributed by atoms with van der Waals surface area (Å²) in [5, 5.41) is 2.69. The van der Waals surface area contributed by atoms with Crippen molar-refractivity contribution in [1.29, 1.82) is 0 Å². The molecule has 0 radical (unpaired) electrons. The lowest BCUT2D eigenvalue weighted by atomic mass is 9.89. The van der Waals surface area contributed by atoms with Crippen molar-refractivity contribution in [3.8, 4) is 5.75 Å². The van der Waals surface area contributed by atoms with Crippen LogP contribution >= 0.6 is 0 Å². The van der Waals surface area contributed by atoms with E-state index in [1.807, 2.05) is 13.0 Å². The van der Waals surface area contributed by atoms with Crippen molar-refractivity contribution in [1.82, 2.24) is 10.0 Å². The average Bonchev–Trinajstić information content (AvgIpc) is 2.76. The zero-order valence-corrected chi connectivity index (χ0v) is 18.6. The Morgan fingerprint density at radius 3 is 2.47 bits per heavy atom. The molecule has 2 aromatic carbocycles. The minimum Gasteiger partial charge on any atom is -0.496 e. The summed E-state index contributed by atoms with van der Waals surface area (Å²) in [5.74, 6) is -0.0326. The number of nitrogens with one attached hydrogen (secondary N) is 2. The van der Waals surface area contributed by atoms with Gasteiger partial charge in [0.15, 0.2) is 0 Å². The van der Waals surface area contributed by atoms with Crippen LogP contribution in [0, 0.1) is 0 Å². The predicted octanol–water partition coefficient (Wildman–Crippen LogP) is 3.75. The second-order valence-electron chi connectivity index (χ2n) is 7.54. The van der Waals surface area contributed by atoms with Crippen LogP contribution in [0.5, 0.6) is 5.75 Å². The van der Waals surface area contributed by atoms with Crippen LogP contribution in [0.2, 0.25) is 0 Å². The smallest absolute Gasteiger partial charge is 0.255 e. The third kappa shape index (κ3) is 4.84. The molecule has 0 bridgehead atoms. The number of ether oxygens (including phenoxy) is 1. The molecule has 0 aliphatic heterocycles. The van der Waals surface area contributed by atoms with Crippen molar-refractivity contribution in [3.63, 3.8) is 0 Å². The SMILES string of the molecule is CCNC(=O)c1cc(S(=O)(=O)NC(CC)c2ccc3c(c2)CCCC3)ccc1OC. The van der Waals surface area contributed by atoms with E-state index in [0.717, 1.165) is 18.4 Å². The van der Waals surface area contributed by atoms with E-state index >= 15 is 0 Å². The number of sulfonamides is 1. The summed E-state index contributed by atoms with van der Waals surface area (Å²) in [5.41, 5.74) is 3.85. The lowest BCUT2D eigenvalue weighted by molar-refractivity contribution is 0.0952. The number of methoxy groups -OCH3 is 1. The predicted molar refractivity (Wildman–Crippen MR) is 117 cm³/mol. The van der Waals surface area contributed by atoms with Crippen LogP contribution in [-0.2, 0) is 22.9 Å². The highest BCUT2D eigenvalue weighted by Gasteiger charge is 2.24. The highest BCUT2D eigenvalue weighted by molar-refractivity contribution is 7.89. The van der Waals surface area contributed by atoms with Gasteiger partial charge in [-0.1, -0.05) is 25.1 Å². The van der Waals surface area contributed by atoms with Gasteiger partial charge in [0.25, 0.3) is 5.91 Å². The van der Waals surface area contributed by atoms with E-state index in [1.54, 1.807) is 6.92 Å². The van der Waals surface area contributed by atoms with Crippen LogP contribution in [0.3, 0.4) is 0 Å². The van der Waals surface area contributed by atoms with E-state index in [-0.39, 0.29) is 22.4 Å². The minimum atomic E-state index is -3.82. The van der Waals surface area contributed by atoms with E-state index in [9.17, 15) is 13.2 Å². The molecule has 0 aromatic heterocycles. The third-order valence-corrected chi connectivity index (χ3v) is 7.01. The summed E-state index contributed by atoms with van der Waals surface area (Å²) in [6.07, 6.45) is 5.14. The van der Waals surface area contributed by atoms with Gasteiger partial charge in [0.1, 0.15) is 5.75 Å². The number of hydrogen-bond acceptors (Lipinski definition) is 4. The summed E-state index contributed by atoms with van der Waals surface area (Å²) < 4.78 is 34.3. The van der Waals surface area contributed by atoms with Gasteiger partial charge >= 0.3 is 0 Å². The van der Waals surface area contributed by atoms with Gasteiger partial charge in [0.2, 0.25) is 10.0 Å². The van der Waals surface area contributed by atoms with E-state index in [2.05, 4.69) is 22.2 Å². The molecule has 1 aliphatic rings. The van der Waals surface area contributed by atoms with Gasteiger partial charge in [-0.3, -0.25) is 4.79 Å². The molecular weight excluding hydrogens is 400 g/mol. The molecule has 7 heteroatoms. The highest BCUT2D eigenvalue weighted by atomic mass is 32.2. The molecular formula is C23H30N2O4S. The van der Waals surface area contributed by atoms with Crippen LogP contribution < -0.4 is 14.8 Å². The fraction of sp³-hybridized carbons (Fsp3) is 0.435. The van der Waals surface area contributed by atoms with E-state index in [1.165, 1.54) is 49.3 Å². The first-order chi connectivity index (χ1) is 14.4. The van der Waals surface area contributed by atoms with Crippen molar-refractivity contribution >= 4 is 15.9 Å². The molecule has 1 atom stereocenters. The van der Waals surface area contributed by atoms with Crippen LogP contribution in [0.4, 0.5) is 0 Å². The largest absolute Gasteiger partial charge is 0.496 e. The Morgan fingerprint density at radius 2 is 1.80 bits per heavy atom. The molecule has 6 nitrogen and oxygen atoms in total. The summed E-state index contributed by atoms with van der Waals surface area (Å²) in [6, 6.07) is 10.3. The van der Waals surface area contributed by atoms with Gasteiger partial charge < -0.3 is 10.1 Å². The molecule has 0 spiro atoms. The third-order valence-electron chi connectivity index (χ3n) is 5.54. The zero-order valence-electron chi connectivity index (χ0n) is 17.8. The topological polar surface area (TPSA) is 84.5 Å². The normalized spacial score (nSPS) is 14.6. The van der Waals surface area contributed by atoms with Crippen LogP contribution in [0.25, 0.3) is 0 Å². The zero-order chi connectivity index (χ0) is 21.7. The van der Waals surface area contributed by atoms with Gasteiger partial charge in [-0.2, -0.15) is 0 Å². The van der Waals surface area contributed by atoms with Gasteiger partial charge in [-0.25, -0.2) is 13.1 Å². The number of rotatable bonds is 8. The molecule has 3 rings (SSSR count). The van der Waals surface area contributed by atoms with Crippen LogP contribution in [0.15, 0.2) is 41.3 Å². The Labute approximate surface area is 179 Å². The average molecular weight is 431 g/mol. The van der Waals surface area contributed by atoms with E-state index in [0.29, 0.717) is 18.7 Å². The number of carbonyl (C=O) groups excluding carboxylic acids is 1. The summed E-state index contributed by atoms with van der Waals surface area (Å²) in [7, 11) is -2.37. The first-order valence-corrected chi connectivity index (χ1v) is 12.0. The summed E-state index contributed by atoms with van der Waals surface area (Å²) in [6.45, 7) is 4.20. The molecule has 0 heterocycles. The molecule has 30 heavy (non-hydrogen) atoms.